The minimum absolute atomic E-state index is 0.0730. The predicted molar refractivity (Wildman–Crippen MR) is 60.9 cm³/mol. The molecule has 0 fully saturated rings. The molecular weight excluding hydrogens is 231 g/mol. The van der Waals surface area contributed by atoms with Crippen molar-refractivity contribution in [3.8, 4) is 0 Å². The number of hydrogen-bond donors (Lipinski definition) is 2. The van der Waals surface area contributed by atoms with E-state index in [4.69, 9.17) is 5.14 Å². The lowest BCUT2D eigenvalue weighted by molar-refractivity contribution is 0.592. The summed E-state index contributed by atoms with van der Waals surface area (Å²) in [4.78, 5) is 0. The fraction of sp³-hybridized carbons (Fsp3) is 0.400. The molecule has 1 rings (SSSR count). The van der Waals surface area contributed by atoms with E-state index in [9.17, 15) is 12.8 Å². The van der Waals surface area contributed by atoms with Gasteiger partial charge in [0, 0.05) is 6.54 Å². The van der Waals surface area contributed by atoms with Crippen LogP contribution in [0.5, 0.6) is 0 Å². The zero-order valence-corrected chi connectivity index (χ0v) is 9.63. The maximum atomic E-state index is 12.6. The van der Waals surface area contributed by atoms with Crippen LogP contribution in [0.2, 0.25) is 0 Å². The minimum Gasteiger partial charge on any atom is -0.315 e. The topological polar surface area (TPSA) is 72.2 Å². The molecule has 0 atom stereocenters. The number of nitrogens with one attached hydrogen (secondary N) is 1. The molecule has 0 saturated carbocycles. The lowest BCUT2D eigenvalue weighted by atomic mass is 10.1. The van der Waals surface area contributed by atoms with E-state index in [-0.39, 0.29) is 11.6 Å². The summed E-state index contributed by atoms with van der Waals surface area (Å²) < 4.78 is 33.8. The Bertz CT molecular complexity index is 417. The van der Waals surface area contributed by atoms with Crippen molar-refractivity contribution in [2.45, 2.75) is 6.42 Å². The van der Waals surface area contributed by atoms with Gasteiger partial charge in [-0.05, 0) is 30.7 Å². The van der Waals surface area contributed by atoms with Crippen molar-refractivity contribution >= 4 is 10.0 Å². The summed E-state index contributed by atoms with van der Waals surface area (Å²) in [6.45, 7) is 0.973. The van der Waals surface area contributed by atoms with Crippen LogP contribution < -0.4 is 10.5 Å². The first-order valence-corrected chi connectivity index (χ1v) is 6.64. The lowest BCUT2D eigenvalue weighted by Gasteiger charge is -2.03. The van der Waals surface area contributed by atoms with Gasteiger partial charge in [-0.25, -0.2) is 17.9 Å². The minimum atomic E-state index is -3.39. The molecule has 16 heavy (non-hydrogen) atoms. The van der Waals surface area contributed by atoms with E-state index in [1.807, 2.05) is 0 Å². The summed E-state index contributed by atoms with van der Waals surface area (Å²) >= 11 is 0. The van der Waals surface area contributed by atoms with Gasteiger partial charge in [-0.3, -0.25) is 0 Å². The summed E-state index contributed by atoms with van der Waals surface area (Å²) in [6.07, 6.45) is 0.727. The van der Waals surface area contributed by atoms with Gasteiger partial charge >= 0.3 is 0 Å². The van der Waals surface area contributed by atoms with E-state index in [0.717, 1.165) is 12.0 Å². The van der Waals surface area contributed by atoms with Crippen molar-refractivity contribution in [1.82, 2.24) is 5.32 Å². The van der Waals surface area contributed by atoms with Crippen molar-refractivity contribution in [1.29, 1.82) is 0 Å². The molecule has 0 aliphatic heterocycles. The van der Waals surface area contributed by atoms with Crippen molar-refractivity contribution in [2.24, 2.45) is 5.14 Å². The Hall–Kier alpha value is -0.980. The van der Waals surface area contributed by atoms with Gasteiger partial charge in [0.2, 0.25) is 10.0 Å². The van der Waals surface area contributed by atoms with E-state index >= 15 is 0 Å². The molecule has 0 heterocycles. The van der Waals surface area contributed by atoms with Crippen LogP contribution in [0, 0.1) is 5.82 Å². The largest absolute Gasteiger partial charge is 0.315 e. The Labute approximate surface area is 94.7 Å². The highest BCUT2D eigenvalue weighted by atomic mass is 32.2. The van der Waals surface area contributed by atoms with Crippen LogP contribution in [0.25, 0.3) is 0 Å². The molecule has 0 unspecified atom stereocenters. The molecule has 0 radical (unpaired) electrons. The van der Waals surface area contributed by atoms with Gasteiger partial charge in [0.05, 0.1) is 5.75 Å². The molecule has 4 nitrogen and oxygen atoms in total. The molecule has 1 aromatic rings. The fourth-order valence-electron chi connectivity index (χ4n) is 1.22. The SMILES string of the molecule is NS(=O)(=O)CCNCCc1ccc(F)cc1. The Morgan fingerprint density at radius 1 is 1.19 bits per heavy atom. The normalized spacial score (nSPS) is 11.6. The second-order valence-electron chi connectivity index (χ2n) is 3.49. The number of primary sulfonamides is 1. The van der Waals surface area contributed by atoms with Gasteiger partial charge in [-0.1, -0.05) is 12.1 Å². The third-order valence-corrected chi connectivity index (χ3v) is 2.84. The molecule has 0 aliphatic carbocycles. The molecule has 0 amide bonds. The Morgan fingerprint density at radius 2 is 1.81 bits per heavy atom. The maximum absolute atomic E-state index is 12.6. The summed E-state index contributed by atoms with van der Waals surface area (Å²) in [7, 11) is -3.39. The standard InChI is InChI=1S/C10H15FN2O2S/c11-10-3-1-9(2-4-10)5-6-13-7-8-16(12,14)15/h1-4,13H,5-8H2,(H2,12,14,15). The molecule has 0 aromatic heterocycles. The zero-order chi connectivity index (χ0) is 12.0. The van der Waals surface area contributed by atoms with E-state index in [1.165, 1.54) is 12.1 Å². The average molecular weight is 246 g/mol. The second-order valence-corrected chi connectivity index (χ2v) is 5.23. The van der Waals surface area contributed by atoms with Gasteiger partial charge < -0.3 is 5.32 Å². The number of hydrogen-bond acceptors (Lipinski definition) is 3. The first kappa shape index (κ1) is 13.1. The lowest BCUT2D eigenvalue weighted by Crippen LogP contribution is -2.28. The fourth-order valence-corrected chi connectivity index (χ4v) is 1.65. The van der Waals surface area contributed by atoms with Crippen molar-refractivity contribution < 1.29 is 12.8 Å². The number of nitrogens with two attached hydrogens (primary N) is 1. The van der Waals surface area contributed by atoms with E-state index in [0.29, 0.717) is 13.1 Å². The third-order valence-electron chi connectivity index (χ3n) is 2.07. The van der Waals surface area contributed by atoms with Crippen molar-refractivity contribution in [2.75, 3.05) is 18.8 Å². The van der Waals surface area contributed by atoms with Gasteiger partial charge in [-0.2, -0.15) is 0 Å². The van der Waals surface area contributed by atoms with Gasteiger partial charge in [0.15, 0.2) is 0 Å². The summed E-state index contributed by atoms with van der Waals surface area (Å²) in [5.41, 5.74) is 1.00. The predicted octanol–water partition coefficient (Wildman–Crippen LogP) is 0.246. The molecule has 0 spiro atoms. The third kappa shape index (κ3) is 5.79. The highest BCUT2D eigenvalue weighted by Crippen LogP contribution is 2.02. The van der Waals surface area contributed by atoms with E-state index in [2.05, 4.69) is 5.32 Å². The quantitative estimate of drug-likeness (QED) is 0.707. The first-order chi connectivity index (χ1) is 7.47. The molecule has 0 aliphatic rings. The summed E-state index contributed by atoms with van der Waals surface area (Å²) in [5, 5.41) is 7.79. The Balaban J connectivity index is 2.19. The van der Waals surface area contributed by atoms with Crippen molar-refractivity contribution in [3.05, 3.63) is 35.6 Å². The van der Waals surface area contributed by atoms with Crippen LogP contribution in [0.4, 0.5) is 4.39 Å². The van der Waals surface area contributed by atoms with Crippen molar-refractivity contribution in [3.63, 3.8) is 0 Å². The number of halogens is 1. The molecule has 0 saturated heterocycles. The molecule has 3 N–H and O–H groups in total. The molecule has 1 aromatic carbocycles. The number of benzene rings is 1. The van der Waals surface area contributed by atoms with Gasteiger partial charge in [0.25, 0.3) is 0 Å². The zero-order valence-electron chi connectivity index (χ0n) is 8.82. The molecular formula is C10H15FN2O2S. The Morgan fingerprint density at radius 3 is 2.38 bits per heavy atom. The number of sulfonamides is 1. The monoisotopic (exact) mass is 246 g/mol. The molecule has 90 valence electrons. The van der Waals surface area contributed by atoms with Crippen LogP contribution in [-0.4, -0.2) is 27.3 Å². The van der Waals surface area contributed by atoms with E-state index < -0.39 is 10.0 Å². The summed E-state index contributed by atoms with van der Waals surface area (Å²) in [5.74, 6) is -0.331. The van der Waals surface area contributed by atoms with Gasteiger partial charge in [-0.15, -0.1) is 0 Å². The van der Waals surface area contributed by atoms with Crippen LogP contribution >= 0.6 is 0 Å². The smallest absolute Gasteiger partial charge is 0.210 e. The second kappa shape index (κ2) is 5.93. The van der Waals surface area contributed by atoms with Crippen LogP contribution in [0.15, 0.2) is 24.3 Å². The molecule has 0 bridgehead atoms. The highest BCUT2D eigenvalue weighted by Gasteiger charge is 2.00. The van der Waals surface area contributed by atoms with E-state index in [1.54, 1.807) is 12.1 Å². The average Bonchev–Trinajstić information content (AvgIpc) is 2.19. The Kier molecular flexibility index (Phi) is 4.85. The van der Waals surface area contributed by atoms with Crippen LogP contribution in [-0.2, 0) is 16.4 Å². The molecule has 6 heteroatoms. The highest BCUT2D eigenvalue weighted by molar-refractivity contribution is 7.89. The van der Waals surface area contributed by atoms with Crippen LogP contribution in [0.1, 0.15) is 5.56 Å². The van der Waals surface area contributed by atoms with Crippen LogP contribution in [0.3, 0.4) is 0 Å². The summed E-state index contributed by atoms with van der Waals surface area (Å²) in [6, 6.07) is 6.22. The van der Waals surface area contributed by atoms with Gasteiger partial charge in [0.1, 0.15) is 5.82 Å². The first-order valence-electron chi connectivity index (χ1n) is 4.93. The number of rotatable bonds is 6. The maximum Gasteiger partial charge on any atom is 0.210 e.